The minimum atomic E-state index is -1.04. The second-order valence-electron chi connectivity index (χ2n) is 4.50. The predicted molar refractivity (Wildman–Crippen MR) is 71.6 cm³/mol. The van der Waals surface area contributed by atoms with Gasteiger partial charge in [0, 0.05) is 11.1 Å². The summed E-state index contributed by atoms with van der Waals surface area (Å²) in [5.74, 6) is -1.59. The topological polar surface area (TPSA) is 83.8 Å². The summed E-state index contributed by atoms with van der Waals surface area (Å²) >= 11 is 0. The molecule has 0 aliphatic carbocycles. The molecule has 0 spiro atoms. The number of carboxylic acids is 1. The number of hydrogen-bond acceptors (Lipinski definition) is 4. The Balaban J connectivity index is 4.47. The summed E-state index contributed by atoms with van der Waals surface area (Å²) in [6, 6.07) is 0. The van der Waals surface area contributed by atoms with Crippen molar-refractivity contribution in [3.8, 4) is 0 Å². The highest BCUT2D eigenvalue weighted by molar-refractivity contribution is 5.88. The van der Waals surface area contributed by atoms with E-state index in [4.69, 9.17) is 14.9 Å². The average molecular weight is 270 g/mol. The van der Waals surface area contributed by atoms with Gasteiger partial charge in [-0.05, 0) is 39.2 Å². The molecule has 0 aromatic heterocycles. The quantitative estimate of drug-likeness (QED) is 0.521. The Morgan fingerprint density at radius 3 is 2.42 bits per heavy atom. The zero-order valence-electron chi connectivity index (χ0n) is 11.7. The Morgan fingerprint density at radius 2 is 2.00 bits per heavy atom. The molecule has 5 nitrogen and oxygen atoms in total. The molecule has 2 atom stereocenters. The summed E-state index contributed by atoms with van der Waals surface area (Å²) < 4.78 is 5.15. The van der Waals surface area contributed by atoms with Crippen molar-refractivity contribution in [3.63, 3.8) is 0 Å². The van der Waals surface area contributed by atoms with Crippen molar-refractivity contribution >= 4 is 11.9 Å². The van der Waals surface area contributed by atoms with Gasteiger partial charge in [0.1, 0.15) is 6.10 Å². The van der Waals surface area contributed by atoms with Gasteiger partial charge in [-0.2, -0.15) is 0 Å². The minimum Gasteiger partial charge on any atom is -0.478 e. The van der Waals surface area contributed by atoms with E-state index in [0.717, 1.165) is 0 Å². The summed E-state index contributed by atoms with van der Waals surface area (Å²) in [4.78, 5) is 22.4. The number of ether oxygens (including phenoxy) is 1. The lowest BCUT2D eigenvalue weighted by molar-refractivity contribution is -0.142. The van der Waals surface area contributed by atoms with Crippen LogP contribution in [0.25, 0.3) is 0 Å². The summed E-state index contributed by atoms with van der Waals surface area (Å²) in [5, 5.41) is 17.9. The number of carbonyl (C=O) groups is 2. The summed E-state index contributed by atoms with van der Waals surface area (Å²) in [7, 11) is 0. The maximum atomic E-state index is 11.7. The van der Waals surface area contributed by atoms with E-state index in [1.54, 1.807) is 13.8 Å². The number of hydrogen-bond donors (Lipinski definition) is 2. The number of carbonyl (C=O) groups excluding carboxylic acids is 1. The van der Waals surface area contributed by atoms with Crippen molar-refractivity contribution in [2.45, 2.75) is 52.2 Å². The highest BCUT2D eigenvalue weighted by Crippen LogP contribution is 2.12. The molecule has 0 bridgehead atoms. The van der Waals surface area contributed by atoms with Crippen LogP contribution in [0.5, 0.6) is 0 Å². The number of carboxylic acid groups (broad SMARTS) is 1. The van der Waals surface area contributed by atoms with Crippen LogP contribution in [0.3, 0.4) is 0 Å². The molecule has 5 heteroatoms. The van der Waals surface area contributed by atoms with Gasteiger partial charge in [-0.15, -0.1) is 0 Å². The van der Waals surface area contributed by atoms with E-state index >= 15 is 0 Å². The van der Waals surface area contributed by atoms with E-state index in [1.165, 1.54) is 13.0 Å². The van der Waals surface area contributed by atoms with E-state index in [1.807, 2.05) is 0 Å². The van der Waals surface area contributed by atoms with Crippen molar-refractivity contribution in [2.24, 2.45) is 0 Å². The number of aliphatic hydroxyl groups is 1. The monoisotopic (exact) mass is 270 g/mol. The molecule has 2 N–H and O–H groups in total. The largest absolute Gasteiger partial charge is 0.478 e. The molecule has 108 valence electrons. The van der Waals surface area contributed by atoms with Crippen LogP contribution in [0.15, 0.2) is 23.8 Å². The molecule has 19 heavy (non-hydrogen) atoms. The van der Waals surface area contributed by atoms with Crippen LogP contribution < -0.4 is 0 Å². The van der Waals surface area contributed by atoms with Crippen LogP contribution >= 0.6 is 0 Å². The number of rotatable bonds is 8. The molecule has 0 fully saturated rings. The SMILES string of the molecule is C=C(CCC(C)O)C(=O)OC(C=C(C)C(=O)O)CC. The van der Waals surface area contributed by atoms with Crippen molar-refractivity contribution < 1.29 is 24.5 Å². The van der Waals surface area contributed by atoms with Crippen LogP contribution in [-0.4, -0.2) is 34.4 Å². The van der Waals surface area contributed by atoms with Crippen LogP contribution in [-0.2, 0) is 14.3 Å². The molecule has 0 aliphatic rings. The summed E-state index contributed by atoms with van der Waals surface area (Å²) in [6.45, 7) is 8.48. The number of aliphatic carboxylic acids is 1. The molecule has 0 aromatic carbocycles. The van der Waals surface area contributed by atoms with E-state index in [9.17, 15) is 9.59 Å². The number of esters is 1. The van der Waals surface area contributed by atoms with Crippen molar-refractivity contribution in [3.05, 3.63) is 23.8 Å². The Hall–Kier alpha value is -1.62. The fourth-order valence-corrected chi connectivity index (χ4v) is 1.29. The molecule has 2 unspecified atom stereocenters. The highest BCUT2D eigenvalue weighted by atomic mass is 16.5. The zero-order chi connectivity index (χ0) is 15.0. The first kappa shape index (κ1) is 17.4. The molecule has 0 radical (unpaired) electrons. The van der Waals surface area contributed by atoms with E-state index in [-0.39, 0.29) is 11.1 Å². The zero-order valence-corrected chi connectivity index (χ0v) is 11.7. The van der Waals surface area contributed by atoms with Gasteiger partial charge in [-0.25, -0.2) is 9.59 Å². The van der Waals surface area contributed by atoms with Crippen LogP contribution in [0.1, 0.15) is 40.0 Å². The maximum Gasteiger partial charge on any atom is 0.333 e. The fourth-order valence-electron chi connectivity index (χ4n) is 1.29. The second-order valence-corrected chi connectivity index (χ2v) is 4.50. The lowest BCUT2D eigenvalue weighted by atomic mass is 10.1. The average Bonchev–Trinajstić information content (AvgIpc) is 2.34. The maximum absolute atomic E-state index is 11.7. The smallest absolute Gasteiger partial charge is 0.333 e. The van der Waals surface area contributed by atoms with E-state index < -0.39 is 24.1 Å². The fraction of sp³-hybridized carbons (Fsp3) is 0.571. The Labute approximate surface area is 113 Å². The third-order valence-electron chi connectivity index (χ3n) is 2.59. The minimum absolute atomic E-state index is 0.134. The molecular formula is C14H22O5. The predicted octanol–water partition coefficient (Wildman–Crippen LogP) is 2.06. The van der Waals surface area contributed by atoms with Crippen LogP contribution in [0.2, 0.25) is 0 Å². The highest BCUT2D eigenvalue weighted by Gasteiger charge is 2.15. The summed E-state index contributed by atoms with van der Waals surface area (Å²) in [5.41, 5.74) is 0.412. The molecule has 0 amide bonds. The molecule has 0 aliphatic heterocycles. The molecule has 0 saturated carbocycles. The Morgan fingerprint density at radius 1 is 1.42 bits per heavy atom. The van der Waals surface area contributed by atoms with E-state index in [0.29, 0.717) is 19.3 Å². The first-order chi connectivity index (χ1) is 8.77. The standard InChI is InChI=1S/C14H22O5/c1-5-12(8-10(3)13(16)17)19-14(18)9(2)6-7-11(4)15/h8,11-12,15H,2,5-7H2,1,3-4H3,(H,16,17). The third kappa shape index (κ3) is 7.41. The van der Waals surface area contributed by atoms with Gasteiger partial charge in [-0.1, -0.05) is 13.5 Å². The van der Waals surface area contributed by atoms with Gasteiger partial charge in [0.25, 0.3) is 0 Å². The second kappa shape index (κ2) is 8.48. The van der Waals surface area contributed by atoms with Crippen molar-refractivity contribution in [2.75, 3.05) is 0 Å². The van der Waals surface area contributed by atoms with Gasteiger partial charge in [-0.3, -0.25) is 0 Å². The third-order valence-corrected chi connectivity index (χ3v) is 2.59. The van der Waals surface area contributed by atoms with Crippen LogP contribution in [0, 0.1) is 0 Å². The van der Waals surface area contributed by atoms with Gasteiger partial charge >= 0.3 is 11.9 Å². The molecule has 0 saturated heterocycles. The normalized spacial score (nSPS) is 14.6. The Bertz CT molecular complexity index is 368. The first-order valence-corrected chi connectivity index (χ1v) is 6.26. The molecule has 0 rings (SSSR count). The van der Waals surface area contributed by atoms with E-state index in [2.05, 4.69) is 6.58 Å². The van der Waals surface area contributed by atoms with Gasteiger partial charge < -0.3 is 14.9 Å². The lowest BCUT2D eigenvalue weighted by Crippen LogP contribution is -2.18. The molecule has 0 aromatic rings. The summed E-state index contributed by atoms with van der Waals surface area (Å²) in [6.07, 6.45) is 1.61. The Kier molecular flexibility index (Phi) is 7.75. The molecular weight excluding hydrogens is 248 g/mol. The van der Waals surface area contributed by atoms with Crippen LogP contribution in [0.4, 0.5) is 0 Å². The first-order valence-electron chi connectivity index (χ1n) is 6.26. The van der Waals surface area contributed by atoms with Gasteiger partial charge in [0.05, 0.1) is 6.10 Å². The van der Waals surface area contributed by atoms with Gasteiger partial charge in [0.15, 0.2) is 0 Å². The van der Waals surface area contributed by atoms with Gasteiger partial charge in [0.2, 0.25) is 0 Å². The molecule has 0 heterocycles. The lowest BCUT2D eigenvalue weighted by Gasteiger charge is -2.14. The van der Waals surface area contributed by atoms with Crippen molar-refractivity contribution in [1.82, 2.24) is 0 Å². The number of aliphatic hydroxyl groups excluding tert-OH is 1. The van der Waals surface area contributed by atoms with Crippen molar-refractivity contribution in [1.29, 1.82) is 0 Å².